The molecule has 2 aromatic rings. The number of halogens is 1. The Morgan fingerprint density at radius 1 is 1.48 bits per heavy atom. The summed E-state index contributed by atoms with van der Waals surface area (Å²) in [6.07, 6.45) is 2.16. The van der Waals surface area contributed by atoms with Gasteiger partial charge in [-0.1, -0.05) is 12.1 Å². The molecule has 1 saturated heterocycles. The van der Waals surface area contributed by atoms with Gasteiger partial charge in [-0.25, -0.2) is 9.37 Å². The van der Waals surface area contributed by atoms with Crippen LogP contribution in [0.1, 0.15) is 23.3 Å². The number of hydrogen-bond acceptors (Lipinski definition) is 4. The fourth-order valence-electron chi connectivity index (χ4n) is 3.00. The van der Waals surface area contributed by atoms with E-state index in [4.69, 9.17) is 0 Å². The second-order valence-corrected chi connectivity index (χ2v) is 6.69. The Bertz CT molecular complexity index is 686. The van der Waals surface area contributed by atoms with Crippen LogP contribution in [0.2, 0.25) is 0 Å². The van der Waals surface area contributed by atoms with E-state index in [1.165, 1.54) is 17.4 Å². The van der Waals surface area contributed by atoms with Gasteiger partial charge in [-0.2, -0.15) is 0 Å². The van der Waals surface area contributed by atoms with Crippen molar-refractivity contribution in [3.63, 3.8) is 0 Å². The number of rotatable bonds is 4. The molecule has 1 aliphatic heterocycles. The van der Waals surface area contributed by atoms with Gasteiger partial charge in [-0.3, -0.25) is 4.79 Å². The molecule has 23 heavy (non-hydrogen) atoms. The van der Waals surface area contributed by atoms with Crippen molar-refractivity contribution < 1.29 is 9.18 Å². The zero-order valence-corrected chi connectivity index (χ0v) is 13.9. The van der Waals surface area contributed by atoms with Crippen molar-refractivity contribution in [1.82, 2.24) is 15.2 Å². The lowest BCUT2D eigenvalue weighted by molar-refractivity contribution is 0.0669. The molecule has 0 unspecified atom stereocenters. The summed E-state index contributed by atoms with van der Waals surface area (Å²) in [7, 11) is 1.93. The molecule has 0 spiro atoms. The molecule has 4 nitrogen and oxygen atoms in total. The minimum atomic E-state index is -0.312. The lowest BCUT2D eigenvalue weighted by Crippen LogP contribution is -2.42. The first-order valence-corrected chi connectivity index (χ1v) is 8.71. The van der Waals surface area contributed by atoms with E-state index in [0.717, 1.165) is 32.5 Å². The number of benzene rings is 1. The van der Waals surface area contributed by atoms with Gasteiger partial charge >= 0.3 is 0 Å². The number of nitrogens with zero attached hydrogens (tertiary/aromatic N) is 2. The maximum absolute atomic E-state index is 13.8. The van der Waals surface area contributed by atoms with Crippen LogP contribution >= 0.6 is 11.3 Å². The van der Waals surface area contributed by atoms with Gasteiger partial charge in [0.2, 0.25) is 0 Å². The topological polar surface area (TPSA) is 45.2 Å². The van der Waals surface area contributed by atoms with E-state index < -0.39 is 0 Å². The van der Waals surface area contributed by atoms with Crippen molar-refractivity contribution in [2.75, 3.05) is 26.7 Å². The molecular weight excluding hydrogens is 313 g/mol. The molecule has 1 aromatic carbocycles. The number of carbonyl (C=O) groups is 1. The molecule has 0 saturated carbocycles. The Kier molecular flexibility index (Phi) is 5.03. The molecule has 122 valence electrons. The van der Waals surface area contributed by atoms with Crippen LogP contribution in [0.3, 0.4) is 0 Å². The van der Waals surface area contributed by atoms with Gasteiger partial charge in [0.05, 0.1) is 0 Å². The summed E-state index contributed by atoms with van der Waals surface area (Å²) >= 11 is 1.31. The van der Waals surface area contributed by atoms with Gasteiger partial charge in [0.25, 0.3) is 5.91 Å². The highest BCUT2D eigenvalue weighted by molar-refractivity contribution is 7.13. The molecule has 3 rings (SSSR count). The molecule has 0 aliphatic carbocycles. The first kappa shape index (κ1) is 16.1. The van der Waals surface area contributed by atoms with Gasteiger partial charge in [-0.15, -0.1) is 11.3 Å². The third kappa shape index (κ3) is 3.59. The van der Waals surface area contributed by atoms with E-state index in [1.807, 2.05) is 11.9 Å². The minimum absolute atomic E-state index is 0.0513. The lowest BCUT2D eigenvalue weighted by Gasteiger charge is -2.32. The number of hydrogen-bond donors (Lipinski definition) is 1. The predicted molar refractivity (Wildman–Crippen MR) is 90.1 cm³/mol. The summed E-state index contributed by atoms with van der Waals surface area (Å²) in [6, 6.07) is 6.51. The van der Waals surface area contributed by atoms with Crippen molar-refractivity contribution >= 4 is 17.2 Å². The average molecular weight is 333 g/mol. The Hall–Kier alpha value is -1.79. The molecule has 2 heterocycles. The van der Waals surface area contributed by atoms with Crippen molar-refractivity contribution in [2.24, 2.45) is 5.92 Å². The van der Waals surface area contributed by atoms with Crippen LogP contribution in [0.25, 0.3) is 10.6 Å². The third-order valence-corrected chi connectivity index (χ3v) is 5.00. The molecule has 0 bridgehead atoms. The predicted octanol–water partition coefficient (Wildman–Crippen LogP) is 3.02. The summed E-state index contributed by atoms with van der Waals surface area (Å²) in [5.74, 6) is 0.125. The first-order valence-electron chi connectivity index (χ1n) is 7.83. The maximum atomic E-state index is 13.8. The van der Waals surface area contributed by atoms with Crippen LogP contribution in [0.4, 0.5) is 4.39 Å². The smallest absolute Gasteiger partial charge is 0.273 e. The van der Waals surface area contributed by atoms with Crippen LogP contribution in [-0.2, 0) is 0 Å². The fraction of sp³-hybridized carbons (Fsp3) is 0.412. The Labute approximate surface area is 139 Å². The molecule has 6 heteroatoms. The molecular formula is C17H20FN3OS. The van der Waals surface area contributed by atoms with Crippen molar-refractivity contribution in [3.8, 4) is 10.6 Å². The number of likely N-dealkylation sites (tertiary alicyclic amines) is 1. The molecule has 1 fully saturated rings. The molecule has 1 N–H and O–H groups in total. The number of aromatic nitrogens is 1. The summed E-state index contributed by atoms with van der Waals surface area (Å²) in [6.45, 7) is 2.44. The van der Waals surface area contributed by atoms with Crippen LogP contribution in [0, 0.1) is 11.7 Å². The van der Waals surface area contributed by atoms with E-state index in [-0.39, 0.29) is 11.7 Å². The molecule has 1 aliphatic rings. The SMILES string of the molecule is CNC[C@@H]1CCCN(C(=O)c2csc(-c3ccccc3F)n2)C1. The number of carbonyl (C=O) groups excluding carboxylic acids is 1. The van der Waals surface area contributed by atoms with Gasteiger partial charge in [0.1, 0.15) is 16.5 Å². The van der Waals surface area contributed by atoms with Gasteiger partial charge < -0.3 is 10.2 Å². The lowest BCUT2D eigenvalue weighted by atomic mass is 9.98. The second-order valence-electron chi connectivity index (χ2n) is 5.83. The highest BCUT2D eigenvalue weighted by Gasteiger charge is 2.25. The van der Waals surface area contributed by atoms with Gasteiger partial charge in [0.15, 0.2) is 0 Å². The first-order chi connectivity index (χ1) is 11.2. The largest absolute Gasteiger partial charge is 0.337 e. The van der Waals surface area contributed by atoms with Crippen molar-refractivity contribution in [3.05, 3.63) is 41.2 Å². The zero-order valence-electron chi connectivity index (χ0n) is 13.1. The third-order valence-electron chi connectivity index (χ3n) is 4.13. The van der Waals surface area contributed by atoms with Crippen LogP contribution < -0.4 is 5.32 Å². The van der Waals surface area contributed by atoms with Crippen LogP contribution in [-0.4, -0.2) is 42.5 Å². The van der Waals surface area contributed by atoms with Gasteiger partial charge in [0, 0.05) is 24.0 Å². The fourth-order valence-corrected chi connectivity index (χ4v) is 3.82. The van der Waals surface area contributed by atoms with Crippen LogP contribution in [0.5, 0.6) is 0 Å². The zero-order chi connectivity index (χ0) is 16.2. The summed E-state index contributed by atoms with van der Waals surface area (Å²) in [5.41, 5.74) is 0.863. The Balaban J connectivity index is 1.75. The number of nitrogens with one attached hydrogen (secondary N) is 1. The Morgan fingerprint density at radius 3 is 3.09 bits per heavy atom. The van der Waals surface area contributed by atoms with Gasteiger partial charge in [-0.05, 0) is 44.5 Å². The highest BCUT2D eigenvalue weighted by Crippen LogP contribution is 2.27. The average Bonchev–Trinajstić information content (AvgIpc) is 3.05. The summed E-state index contributed by atoms with van der Waals surface area (Å²) < 4.78 is 13.8. The summed E-state index contributed by atoms with van der Waals surface area (Å²) in [5, 5.41) is 5.45. The Morgan fingerprint density at radius 2 is 2.30 bits per heavy atom. The quantitative estimate of drug-likeness (QED) is 0.935. The summed E-state index contributed by atoms with van der Waals surface area (Å²) in [4.78, 5) is 18.9. The molecule has 0 radical (unpaired) electrons. The van der Waals surface area contributed by atoms with E-state index in [0.29, 0.717) is 22.2 Å². The number of piperidine rings is 1. The highest BCUT2D eigenvalue weighted by atomic mass is 32.1. The molecule has 1 atom stereocenters. The van der Waals surface area contributed by atoms with Crippen LogP contribution in [0.15, 0.2) is 29.6 Å². The normalized spacial score (nSPS) is 18.2. The van der Waals surface area contributed by atoms with E-state index in [1.54, 1.807) is 23.6 Å². The number of amides is 1. The van der Waals surface area contributed by atoms with Crippen molar-refractivity contribution in [1.29, 1.82) is 0 Å². The van der Waals surface area contributed by atoms with E-state index >= 15 is 0 Å². The standard InChI is InChI=1S/C17H20FN3OS/c1-19-9-12-5-4-8-21(10-12)17(22)15-11-23-16(20-15)13-6-2-3-7-14(13)18/h2-3,6-7,11-12,19H,4-5,8-10H2,1H3/t12-/m0/s1. The second kappa shape index (κ2) is 7.19. The molecule has 1 amide bonds. The molecule has 1 aromatic heterocycles. The van der Waals surface area contributed by atoms with E-state index in [9.17, 15) is 9.18 Å². The minimum Gasteiger partial charge on any atom is -0.337 e. The van der Waals surface area contributed by atoms with Crippen molar-refractivity contribution in [2.45, 2.75) is 12.8 Å². The number of thiazole rings is 1. The maximum Gasteiger partial charge on any atom is 0.273 e. The van der Waals surface area contributed by atoms with E-state index in [2.05, 4.69) is 10.3 Å². The monoisotopic (exact) mass is 333 g/mol.